The van der Waals surface area contributed by atoms with Gasteiger partial charge in [-0.1, -0.05) is 19.4 Å². The Morgan fingerprint density at radius 3 is 2.61 bits per heavy atom. The van der Waals surface area contributed by atoms with Crippen LogP contribution in [0.15, 0.2) is 35.3 Å². The van der Waals surface area contributed by atoms with Crippen LogP contribution in [0.3, 0.4) is 0 Å². The molecule has 1 aliphatic heterocycles. The van der Waals surface area contributed by atoms with Crippen molar-refractivity contribution in [3.63, 3.8) is 0 Å². The van der Waals surface area contributed by atoms with Crippen LogP contribution in [0.2, 0.25) is 0 Å². The van der Waals surface area contributed by atoms with Gasteiger partial charge < -0.3 is 23.7 Å². The summed E-state index contributed by atoms with van der Waals surface area (Å²) in [7, 11) is 5.02. The SMILES string of the molecule is CCCCOC(=O)N1CCCN(Cc2cc3c(=O)n(C)cc(-c4ccc(OC)c(OC)c4)c3s2)CC1. The number of thiophene rings is 1. The van der Waals surface area contributed by atoms with Crippen LogP contribution in [0, 0.1) is 0 Å². The van der Waals surface area contributed by atoms with Crippen molar-refractivity contribution in [2.24, 2.45) is 7.05 Å². The molecule has 3 heterocycles. The summed E-state index contributed by atoms with van der Waals surface area (Å²) in [4.78, 5) is 30.6. The molecule has 2 aromatic heterocycles. The third kappa shape index (κ3) is 5.68. The predicted octanol–water partition coefficient (Wildman–Crippen LogP) is 4.73. The Labute approximate surface area is 216 Å². The van der Waals surface area contributed by atoms with Crippen molar-refractivity contribution in [3.8, 4) is 22.6 Å². The maximum Gasteiger partial charge on any atom is 0.409 e. The highest BCUT2D eigenvalue weighted by Gasteiger charge is 2.21. The summed E-state index contributed by atoms with van der Waals surface area (Å²) in [6, 6.07) is 7.84. The smallest absolute Gasteiger partial charge is 0.409 e. The van der Waals surface area contributed by atoms with E-state index in [0.717, 1.165) is 65.0 Å². The van der Waals surface area contributed by atoms with Gasteiger partial charge in [0.2, 0.25) is 0 Å². The molecule has 1 saturated heterocycles. The average Bonchev–Trinajstić information content (AvgIpc) is 3.17. The van der Waals surface area contributed by atoms with Crippen LogP contribution in [0.1, 0.15) is 31.1 Å². The molecule has 3 aromatic rings. The lowest BCUT2D eigenvalue weighted by Gasteiger charge is -2.21. The average molecular weight is 514 g/mol. The third-order valence-corrected chi connectivity index (χ3v) is 7.70. The lowest BCUT2D eigenvalue weighted by Crippen LogP contribution is -2.35. The Morgan fingerprint density at radius 2 is 1.86 bits per heavy atom. The highest BCUT2D eigenvalue weighted by molar-refractivity contribution is 7.19. The van der Waals surface area contributed by atoms with Gasteiger partial charge in [0, 0.05) is 61.1 Å². The van der Waals surface area contributed by atoms with Crippen molar-refractivity contribution in [3.05, 3.63) is 45.7 Å². The lowest BCUT2D eigenvalue weighted by molar-refractivity contribution is 0.102. The number of rotatable bonds is 8. The molecule has 1 aliphatic rings. The van der Waals surface area contributed by atoms with E-state index in [0.29, 0.717) is 31.2 Å². The zero-order valence-corrected chi connectivity index (χ0v) is 22.4. The Hall–Kier alpha value is -3.04. The summed E-state index contributed by atoms with van der Waals surface area (Å²) >= 11 is 1.65. The summed E-state index contributed by atoms with van der Waals surface area (Å²) in [6.45, 7) is 6.33. The van der Waals surface area contributed by atoms with Gasteiger partial charge in [-0.3, -0.25) is 9.69 Å². The van der Waals surface area contributed by atoms with E-state index in [2.05, 4.69) is 11.8 Å². The molecule has 0 N–H and O–H groups in total. The molecular weight excluding hydrogens is 478 g/mol. The summed E-state index contributed by atoms with van der Waals surface area (Å²) in [5, 5.41) is 0.723. The van der Waals surface area contributed by atoms with Gasteiger partial charge in [0.25, 0.3) is 5.56 Å². The van der Waals surface area contributed by atoms with Crippen LogP contribution in [-0.2, 0) is 18.3 Å². The van der Waals surface area contributed by atoms with Crippen molar-refractivity contribution in [2.45, 2.75) is 32.7 Å². The van der Waals surface area contributed by atoms with Gasteiger partial charge in [0.1, 0.15) is 0 Å². The molecule has 8 nitrogen and oxygen atoms in total. The Kier molecular flexibility index (Phi) is 8.53. The van der Waals surface area contributed by atoms with Crippen LogP contribution in [0.25, 0.3) is 21.2 Å². The van der Waals surface area contributed by atoms with Gasteiger partial charge in [-0.15, -0.1) is 11.3 Å². The first-order valence-electron chi connectivity index (χ1n) is 12.4. The van der Waals surface area contributed by atoms with Gasteiger partial charge in [-0.05, 0) is 36.6 Å². The minimum absolute atomic E-state index is 0.00593. The van der Waals surface area contributed by atoms with Crippen LogP contribution in [-0.4, -0.2) is 67.5 Å². The molecule has 4 rings (SSSR count). The van der Waals surface area contributed by atoms with Gasteiger partial charge in [0.15, 0.2) is 11.5 Å². The van der Waals surface area contributed by atoms with E-state index in [1.165, 1.54) is 0 Å². The fraction of sp³-hybridized carbons (Fsp3) is 0.481. The first kappa shape index (κ1) is 26.0. The quantitative estimate of drug-likeness (QED) is 0.406. The fourth-order valence-electron chi connectivity index (χ4n) is 4.52. The lowest BCUT2D eigenvalue weighted by atomic mass is 10.1. The second-order valence-corrected chi connectivity index (χ2v) is 10.2. The van der Waals surface area contributed by atoms with Gasteiger partial charge in [-0.2, -0.15) is 0 Å². The molecule has 0 aliphatic carbocycles. The molecule has 36 heavy (non-hydrogen) atoms. The van der Waals surface area contributed by atoms with Crippen LogP contribution in [0.4, 0.5) is 4.79 Å². The number of aromatic nitrogens is 1. The van der Waals surface area contributed by atoms with Crippen LogP contribution < -0.4 is 15.0 Å². The van der Waals surface area contributed by atoms with E-state index in [-0.39, 0.29) is 11.7 Å². The summed E-state index contributed by atoms with van der Waals surface area (Å²) in [5.41, 5.74) is 1.95. The minimum Gasteiger partial charge on any atom is -0.493 e. The topological polar surface area (TPSA) is 73.2 Å². The third-order valence-electron chi connectivity index (χ3n) is 6.55. The zero-order chi connectivity index (χ0) is 25.7. The monoisotopic (exact) mass is 513 g/mol. The predicted molar refractivity (Wildman–Crippen MR) is 143 cm³/mol. The van der Waals surface area contributed by atoms with Crippen molar-refractivity contribution < 1.29 is 19.0 Å². The van der Waals surface area contributed by atoms with E-state index in [1.54, 1.807) is 37.2 Å². The number of hydrogen-bond acceptors (Lipinski definition) is 7. The molecule has 0 atom stereocenters. The molecule has 0 radical (unpaired) electrons. The number of aryl methyl sites for hydroxylation is 1. The minimum atomic E-state index is -0.213. The van der Waals surface area contributed by atoms with Crippen molar-refractivity contribution in [1.29, 1.82) is 0 Å². The molecular formula is C27H35N3O5S. The molecule has 0 unspecified atom stereocenters. The first-order valence-corrected chi connectivity index (χ1v) is 13.2. The number of nitrogens with zero attached hydrogens (tertiary/aromatic N) is 3. The number of fused-ring (bicyclic) bond motifs is 1. The molecule has 9 heteroatoms. The normalized spacial score (nSPS) is 14.6. The number of methoxy groups -OCH3 is 2. The van der Waals surface area contributed by atoms with Crippen molar-refractivity contribution in [2.75, 3.05) is 47.0 Å². The zero-order valence-electron chi connectivity index (χ0n) is 21.5. The van der Waals surface area contributed by atoms with Crippen molar-refractivity contribution >= 4 is 27.5 Å². The van der Waals surface area contributed by atoms with E-state index >= 15 is 0 Å². The number of amides is 1. The Balaban J connectivity index is 1.55. The van der Waals surface area contributed by atoms with Crippen LogP contribution in [0.5, 0.6) is 11.5 Å². The number of benzene rings is 1. The molecule has 1 amide bonds. The number of unbranched alkanes of at least 4 members (excludes halogenated alkanes) is 1. The molecule has 194 valence electrons. The van der Waals surface area contributed by atoms with E-state index < -0.39 is 0 Å². The Bertz CT molecular complexity index is 1270. The molecule has 0 bridgehead atoms. The highest BCUT2D eigenvalue weighted by atomic mass is 32.1. The fourth-order valence-corrected chi connectivity index (χ4v) is 5.74. The van der Waals surface area contributed by atoms with Gasteiger partial charge >= 0.3 is 6.09 Å². The number of hydrogen-bond donors (Lipinski definition) is 0. The molecule has 0 spiro atoms. The highest BCUT2D eigenvalue weighted by Crippen LogP contribution is 2.37. The second kappa shape index (κ2) is 11.8. The molecule has 1 fully saturated rings. The summed E-state index contributed by atoms with van der Waals surface area (Å²) in [6.07, 6.45) is 4.47. The number of carbonyl (C=O) groups excluding carboxylic acids is 1. The first-order chi connectivity index (χ1) is 17.4. The van der Waals surface area contributed by atoms with E-state index in [4.69, 9.17) is 14.2 Å². The molecule has 1 aromatic carbocycles. The maximum atomic E-state index is 13.0. The number of carbonyl (C=O) groups is 1. The second-order valence-electron chi connectivity index (χ2n) is 9.07. The largest absolute Gasteiger partial charge is 0.493 e. The summed E-state index contributed by atoms with van der Waals surface area (Å²) < 4.78 is 18.9. The molecule has 0 saturated carbocycles. The van der Waals surface area contributed by atoms with Gasteiger partial charge in [0.05, 0.1) is 26.2 Å². The summed E-state index contributed by atoms with van der Waals surface area (Å²) in [5.74, 6) is 1.31. The van der Waals surface area contributed by atoms with Gasteiger partial charge in [-0.25, -0.2) is 4.79 Å². The number of pyridine rings is 1. The van der Waals surface area contributed by atoms with E-state index in [1.807, 2.05) is 35.4 Å². The number of ether oxygens (including phenoxy) is 3. The van der Waals surface area contributed by atoms with Crippen LogP contribution >= 0.6 is 11.3 Å². The van der Waals surface area contributed by atoms with Crippen molar-refractivity contribution in [1.82, 2.24) is 14.4 Å². The maximum absolute atomic E-state index is 13.0. The van der Waals surface area contributed by atoms with E-state index in [9.17, 15) is 9.59 Å². The Morgan fingerprint density at radius 1 is 1.06 bits per heavy atom. The standard InChI is InChI=1S/C27H35N3O5S/c1-5-6-14-35-27(32)30-11-7-10-29(12-13-30)17-20-16-21-25(36-20)22(18-28(2)26(21)31)19-8-9-23(33-3)24(15-19)34-4/h8-9,15-16,18H,5-7,10-14,17H2,1-4H3.